The van der Waals surface area contributed by atoms with E-state index in [0.717, 1.165) is 55.1 Å². The normalized spacial score (nSPS) is 13.0. The maximum absolute atomic E-state index is 6.60. The van der Waals surface area contributed by atoms with Crippen LogP contribution in [0.1, 0.15) is 22.3 Å². The van der Waals surface area contributed by atoms with Gasteiger partial charge in [-0.05, 0) is 97.1 Å². The molecule has 0 saturated carbocycles. The SMILES string of the molecule is c1ccc(-c2nc(-c3cccc4oc5ccc(-c6ccc(-c7cccc8c7C7(c9ccccc9-c9ccccc97)c7ccccc7-8)cc6)cc5c34)nc(-c3cccc4sc5ccccc5c34)n2)cc1. The number of rotatable bonds is 5. The summed E-state index contributed by atoms with van der Waals surface area (Å²) in [6, 6.07) is 80.9. The van der Waals surface area contributed by atoms with Gasteiger partial charge in [-0.15, -0.1) is 11.3 Å². The second kappa shape index (κ2) is 14.6. The fourth-order valence-corrected chi connectivity index (χ4v) is 12.9. The van der Waals surface area contributed by atoms with E-state index in [4.69, 9.17) is 19.4 Å². The van der Waals surface area contributed by atoms with Crippen LogP contribution in [0, 0.1) is 0 Å². The van der Waals surface area contributed by atoms with Gasteiger partial charge in [0.1, 0.15) is 11.2 Å². The number of thiophene rings is 1. The van der Waals surface area contributed by atoms with E-state index in [9.17, 15) is 0 Å². The summed E-state index contributed by atoms with van der Waals surface area (Å²) in [5.41, 5.74) is 19.3. The van der Waals surface area contributed by atoms with Crippen LogP contribution in [0.2, 0.25) is 0 Å². The number of nitrogens with zero attached hydrogens (tertiary/aromatic N) is 3. The maximum atomic E-state index is 6.60. The van der Waals surface area contributed by atoms with E-state index < -0.39 is 5.41 Å². The smallest absolute Gasteiger partial charge is 0.164 e. The lowest BCUT2D eigenvalue weighted by Crippen LogP contribution is -2.26. The Morgan fingerprint density at radius 3 is 1.58 bits per heavy atom. The molecule has 1 spiro atoms. The van der Waals surface area contributed by atoms with Crippen molar-refractivity contribution in [3.05, 3.63) is 247 Å². The van der Waals surface area contributed by atoms with Gasteiger partial charge in [0, 0.05) is 47.6 Å². The van der Waals surface area contributed by atoms with Crippen molar-refractivity contribution in [3.8, 4) is 78.7 Å². The van der Waals surface area contributed by atoms with Gasteiger partial charge in [-0.2, -0.15) is 0 Å². The zero-order chi connectivity index (χ0) is 45.2. The first-order chi connectivity index (χ1) is 34.2. The Bertz CT molecular complexity index is 4200. The molecule has 5 heteroatoms. The summed E-state index contributed by atoms with van der Waals surface area (Å²) in [5.74, 6) is 1.86. The third-order valence-corrected chi connectivity index (χ3v) is 15.7. The summed E-state index contributed by atoms with van der Waals surface area (Å²) < 4.78 is 9.04. The van der Waals surface area contributed by atoms with Crippen LogP contribution < -0.4 is 0 Å². The first kappa shape index (κ1) is 38.3. The second-order valence-corrected chi connectivity index (χ2v) is 19.2. The topological polar surface area (TPSA) is 51.8 Å². The molecule has 15 rings (SSSR count). The molecule has 4 nitrogen and oxygen atoms in total. The highest BCUT2D eigenvalue weighted by molar-refractivity contribution is 7.25. The lowest BCUT2D eigenvalue weighted by Gasteiger charge is -2.32. The summed E-state index contributed by atoms with van der Waals surface area (Å²) in [6.45, 7) is 0. The molecule has 2 aliphatic carbocycles. The molecule has 0 aliphatic heterocycles. The second-order valence-electron chi connectivity index (χ2n) is 18.1. The van der Waals surface area contributed by atoms with E-state index in [1.54, 1.807) is 11.3 Å². The Balaban J connectivity index is 0.871. The van der Waals surface area contributed by atoms with Crippen LogP contribution in [-0.4, -0.2) is 15.0 Å². The van der Waals surface area contributed by atoms with E-state index in [0.29, 0.717) is 17.5 Å². The lowest BCUT2D eigenvalue weighted by molar-refractivity contribution is 0.669. The van der Waals surface area contributed by atoms with Crippen molar-refractivity contribution in [1.82, 2.24) is 15.0 Å². The molecule has 0 unspecified atom stereocenters. The first-order valence-corrected chi connectivity index (χ1v) is 24.2. The van der Waals surface area contributed by atoms with E-state index in [2.05, 4.69) is 194 Å². The average molecular weight is 896 g/mol. The fourth-order valence-electron chi connectivity index (χ4n) is 11.7. The number of hydrogen-bond donors (Lipinski definition) is 0. The van der Waals surface area contributed by atoms with Gasteiger partial charge in [-0.1, -0.05) is 194 Å². The van der Waals surface area contributed by atoms with Crippen molar-refractivity contribution in [3.63, 3.8) is 0 Å². The summed E-state index contributed by atoms with van der Waals surface area (Å²) in [6.07, 6.45) is 0. The summed E-state index contributed by atoms with van der Waals surface area (Å²) in [5, 5.41) is 4.35. The largest absolute Gasteiger partial charge is 0.456 e. The Morgan fingerprint density at radius 2 is 0.841 bits per heavy atom. The van der Waals surface area contributed by atoms with E-state index >= 15 is 0 Å². The highest BCUT2D eigenvalue weighted by Gasteiger charge is 2.52. The fraction of sp³-hybridized carbons (Fsp3) is 0.0156. The van der Waals surface area contributed by atoms with Gasteiger partial charge in [0.2, 0.25) is 0 Å². The predicted molar refractivity (Wildman–Crippen MR) is 283 cm³/mol. The minimum Gasteiger partial charge on any atom is -0.456 e. The first-order valence-electron chi connectivity index (χ1n) is 23.4. The number of furan rings is 1. The van der Waals surface area contributed by atoms with Crippen LogP contribution in [0.5, 0.6) is 0 Å². The van der Waals surface area contributed by atoms with Crippen LogP contribution in [0.25, 0.3) is 121 Å². The third-order valence-electron chi connectivity index (χ3n) is 14.6. The zero-order valence-corrected chi connectivity index (χ0v) is 37.8. The molecule has 320 valence electrons. The van der Waals surface area contributed by atoms with Crippen molar-refractivity contribution in [2.75, 3.05) is 0 Å². The molecule has 0 amide bonds. The molecular formula is C64H37N3OS. The van der Waals surface area contributed by atoms with Crippen LogP contribution in [0.3, 0.4) is 0 Å². The highest BCUT2D eigenvalue weighted by atomic mass is 32.1. The molecule has 13 aromatic rings. The number of hydrogen-bond acceptors (Lipinski definition) is 5. The van der Waals surface area contributed by atoms with Crippen LogP contribution >= 0.6 is 11.3 Å². The van der Waals surface area contributed by atoms with Gasteiger partial charge in [0.25, 0.3) is 0 Å². The monoisotopic (exact) mass is 895 g/mol. The molecule has 0 fully saturated rings. The molecule has 2 aliphatic rings. The molecule has 3 aromatic heterocycles. The Morgan fingerprint density at radius 1 is 0.319 bits per heavy atom. The Labute approximate surface area is 401 Å². The summed E-state index contributed by atoms with van der Waals surface area (Å²) in [4.78, 5) is 15.7. The molecule has 0 radical (unpaired) electrons. The van der Waals surface area contributed by atoms with Crippen molar-refractivity contribution in [2.24, 2.45) is 0 Å². The minimum absolute atomic E-state index is 0.424. The zero-order valence-electron chi connectivity index (χ0n) is 37.0. The molecule has 0 N–H and O–H groups in total. The minimum atomic E-state index is -0.424. The van der Waals surface area contributed by atoms with Gasteiger partial charge in [0.15, 0.2) is 17.5 Å². The van der Waals surface area contributed by atoms with E-state index in [1.165, 1.54) is 70.4 Å². The van der Waals surface area contributed by atoms with Crippen LogP contribution in [0.15, 0.2) is 229 Å². The third kappa shape index (κ3) is 5.48. The van der Waals surface area contributed by atoms with Crippen LogP contribution in [-0.2, 0) is 5.41 Å². The van der Waals surface area contributed by atoms with Crippen molar-refractivity contribution in [1.29, 1.82) is 0 Å². The average Bonchev–Trinajstić information content (AvgIpc) is 4.16. The van der Waals surface area contributed by atoms with Crippen molar-refractivity contribution >= 4 is 53.4 Å². The summed E-state index contributed by atoms with van der Waals surface area (Å²) >= 11 is 1.79. The van der Waals surface area contributed by atoms with Crippen LogP contribution in [0.4, 0.5) is 0 Å². The quantitative estimate of drug-likeness (QED) is 0.173. The van der Waals surface area contributed by atoms with Gasteiger partial charge in [0.05, 0.1) is 5.41 Å². The molecular weight excluding hydrogens is 859 g/mol. The standard InChI is InChI=1S/C64H37N3OS/c1-2-15-40(16-3-1)61-65-62(67-63(66-61)49-24-14-30-57-59(49)47-20-7-11-29-56(47)69-57)48-23-13-28-55-58(48)50-37-41(35-36-54(50)68-55)38-31-33-39(34-32-38)42-21-12-22-46-45-19-6-10-27-53(45)64(60(42)46)51-25-8-4-17-43(51)44-18-5-9-26-52(44)64/h1-37H. The molecule has 10 aromatic carbocycles. The predicted octanol–water partition coefficient (Wildman–Crippen LogP) is 16.8. The molecule has 69 heavy (non-hydrogen) atoms. The molecule has 0 bridgehead atoms. The van der Waals surface area contributed by atoms with E-state index in [-0.39, 0.29) is 0 Å². The highest BCUT2D eigenvalue weighted by Crippen LogP contribution is 2.64. The van der Waals surface area contributed by atoms with Gasteiger partial charge < -0.3 is 4.42 Å². The Hall–Kier alpha value is -8.77. The number of benzene rings is 10. The molecule has 3 heterocycles. The molecule has 0 atom stereocenters. The van der Waals surface area contributed by atoms with Gasteiger partial charge in [-0.25, -0.2) is 15.0 Å². The Kier molecular flexibility index (Phi) is 8.12. The van der Waals surface area contributed by atoms with Crippen molar-refractivity contribution in [2.45, 2.75) is 5.41 Å². The number of fused-ring (bicyclic) bond motifs is 16. The number of aromatic nitrogens is 3. The van der Waals surface area contributed by atoms with Gasteiger partial charge >= 0.3 is 0 Å². The maximum Gasteiger partial charge on any atom is 0.164 e. The lowest BCUT2D eigenvalue weighted by atomic mass is 9.68. The summed E-state index contributed by atoms with van der Waals surface area (Å²) in [7, 11) is 0. The van der Waals surface area contributed by atoms with Crippen molar-refractivity contribution < 1.29 is 4.42 Å². The molecule has 0 saturated heterocycles. The van der Waals surface area contributed by atoms with Gasteiger partial charge in [-0.3, -0.25) is 0 Å². The van der Waals surface area contributed by atoms with E-state index in [1.807, 2.05) is 30.3 Å².